The molecule has 2 aliphatic rings. The smallest absolute Gasteiger partial charge is 0.0977 e. The summed E-state index contributed by atoms with van der Waals surface area (Å²) in [5.41, 5.74) is 13.3. The third-order valence-corrected chi connectivity index (χ3v) is 7.00. The summed E-state index contributed by atoms with van der Waals surface area (Å²) in [4.78, 5) is 19.7. The molecule has 1 spiro atoms. The molecule has 1 saturated heterocycles. The third-order valence-electron chi connectivity index (χ3n) is 7.00. The molecule has 1 aliphatic heterocycles. The Labute approximate surface area is 193 Å². The normalized spacial score (nSPS) is 17.8. The number of imidazole rings is 1. The van der Waals surface area contributed by atoms with E-state index < -0.39 is 0 Å². The summed E-state index contributed by atoms with van der Waals surface area (Å²) in [7, 11) is 0. The first-order chi connectivity index (χ1) is 16.1. The largest absolute Gasteiger partial charge is 0.382 e. The number of nitrogens with two attached hydrogens (primary N) is 1. The Morgan fingerprint density at radius 3 is 2.85 bits per heavy atom. The number of nitrogens with one attached hydrogen (secondary N) is 2. The molecule has 4 N–H and O–H groups in total. The van der Waals surface area contributed by atoms with Crippen molar-refractivity contribution < 1.29 is 0 Å². The molecule has 0 atom stereocenters. The number of aryl methyl sites for hydroxylation is 1. The van der Waals surface area contributed by atoms with Crippen molar-refractivity contribution in [1.29, 1.82) is 0 Å². The summed E-state index contributed by atoms with van der Waals surface area (Å²) in [6.45, 7) is 6.36. The van der Waals surface area contributed by atoms with Crippen molar-refractivity contribution >= 4 is 16.6 Å². The standard InChI is InChI=1S/C26H29N7/c1-17-3-2-4-23(32-17)25-24(30-16-31-25)18-5-6-22-19(9-18)10-21(13-29-22)28-7-8-33-14-26(15-33)11-20(27)12-26/h2-6,9-10,13,16,20,28H,7-8,11-12,14-15,27H2,1H3,(H,30,31). The molecule has 4 heterocycles. The summed E-state index contributed by atoms with van der Waals surface area (Å²) in [6, 6.07) is 14.9. The molecule has 1 saturated carbocycles. The van der Waals surface area contributed by atoms with Crippen LogP contribution in [0.2, 0.25) is 0 Å². The van der Waals surface area contributed by atoms with Gasteiger partial charge in [0.15, 0.2) is 0 Å². The molecule has 2 fully saturated rings. The lowest BCUT2D eigenvalue weighted by Gasteiger charge is -2.58. The Kier molecular flexibility index (Phi) is 4.89. The molecule has 0 unspecified atom stereocenters. The van der Waals surface area contributed by atoms with Crippen LogP contribution in [0.3, 0.4) is 0 Å². The molecule has 3 aromatic heterocycles. The fourth-order valence-corrected chi connectivity index (χ4v) is 5.50. The first-order valence-corrected chi connectivity index (χ1v) is 11.7. The minimum atomic E-state index is 0.435. The molecule has 0 amide bonds. The van der Waals surface area contributed by atoms with Gasteiger partial charge < -0.3 is 20.9 Å². The van der Waals surface area contributed by atoms with E-state index in [0.29, 0.717) is 11.5 Å². The fourth-order valence-electron chi connectivity index (χ4n) is 5.50. The van der Waals surface area contributed by atoms with E-state index in [4.69, 9.17) is 5.73 Å². The topological polar surface area (TPSA) is 95.8 Å². The van der Waals surface area contributed by atoms with Crippen LogP contribution in [0.5, 0.6) is 0 Å². The quantitative estimate of drug-likeness (QED) is 0.423. The number of hydrogen-bond acceptors (Lipinski definition) is 6. The Morgan fingerprint density at radius 1 is 1.15 bits per heavy atom. The van der Waals surface area contributed by atoms with E-state index in [0.717, 1.165) is 58.0 Å². The van der Waals surface area contributed by atoms with Gasteiger partial charge in [-0.15, -0.1) is 0 Å². The SMILES string of the molecule is Cc1cccc(-c2[nH]cnc2-c2ccc3ncc(NCCN4CC5(CC(N)C5)C4)cc3c2)n1. The van der Waals surface area contributed by atoms with Gasteiger partial charge in [-0.1, -0.05) is 12.1 Å². The van der Waals surface area contributed by atoms with Crippen molar-refractivity contribution in [1.82, 2.24) is 24.8 Å². The number of rotatable bonds is 6. The zero-order valence-corrected chi connectivity index (χ0v) is 18.9. The van der Waals surface area contributed by atoms with Gasteiger partial charge in [0.1, 0.15) is 0 Å². The zero-order valence-electron chi connectivity index (χ0n) is 18.9. The molecule has 33 heavy (non-hydrogen) atoms. The van der Waals surface area contributed by atoms with E-state index in [-0.39, 0.29) is 0 Å². The predicted octanol–water partition coefficient (Wildman–Crippen LogP) is 3.83. The molecule has 1 aliphatic carbocycles. The fraction of sp³-hybridized carbons (Fsp3) is 0.346. The van der Waals surface area contributed by atoms with E-state index >= 15 is 0 Å². The first kappa shape index (κ1) is 20.3. The van der Waals surface area contributed by atoms with E-state index in [1.807, 2.05) is 31.3 Å². The van der Waals surface area contributed by atoms with Crippen LogP contribution in [-0.4, -0.2) is 57.1 Å². The molecule has 4 aromatic rings. The van der Waals surface area contributed by atoms with Gasteiger partial charge in [0.25, 0.3) is 0 Å². The van der Waals surface area contributed by atoms with E-state index in [2.05, 4.69) is 54.4 Å². The van der Waals surface area contributed by atoms with Crippen LogP contribution in [0.15, 0.2) is 55.0 Å². The summed E-state index contributed by atoms with van der Waals surface area (Å²) < 4.78 is 0. The Bertz CT molecular complexity index is 1300. The summed E-state index contributed by atoms with van der Waals surface area (Å²) in [5.74, 6) is 0. The van der Waals surface area contributed by atoms with Gasteiger partial charge >= 0.3 is 0 Å². The Hall–Kier alpha value is -3.29. The second-order valence-electron chi connectivity index (χ2n) is 9.73. The highest BCUT2D eigenvalue weighted by atomic mass is 15.2. The molecule has 0 bridgehead atoms. The van der Waals surface area contributed by atoms with Crippen LogP contribution < -0.4 is 11.1 Å². The van der Waals surface area contributed by atoms with E-state index in [9.17, 15) is 0 Å². The van der Waals surface area contributed by atoms with Crippen LogP contribution in [0.25, 0.3) is 33.5 Å². The second-order valence-corrected chi connectivity index (χ2v) is 9.73. The van der Waals surface area contributed by atoms with Crippen molar-refractivity contribution in [2.24, 2.45) is 11.1 Å². The van der Waals surface area contributed by atoms with Crippen LogP contribution in [0.4, 0.5) is 5.69 Å². The number of benzene rings is 1. The monoisotopic (exact) mass is 439 g/mol. The third kappa shape index (κ3) is 3.87. The zero-order chi connectivity index (χ0) is 22.4. The number of aromatic nitrogens is 4. The van der Waals surface area contributed by atoms with Crippen LogP contribution in [-0.2, 0) is 0 Å². The molecule has 1 aromatic carbocycles. The van der Waals surface area contributed by atoms with Crippen molar-refractivity contribution in [2.75, 3.05) is 31.5 Å². The number of likely N-dealkylation sites (tertiary alicyclic amines) is 1. The lowest BCUT2D eigenvalue weighted by atomic mass is 9.61. The lowest BCUT2D eigenvalue weighted by Crippen LogP contribution is -2.65. The molecule has 0 radical (unpaired) electrons. The molecular weight excluding hydrogens is 410 g/mol. The number of aromatic amines is 1. The maximum absolute atomic E-state index is 5.97. The van der Waals surface area contributed by atoms with Gasteiger partial charge in [0.2, 0.25) is 0 Å². The van der Waals surface area contributed by atoms with Gasteiger partial charge in [-0.25, -0.2) is 4.98 Å². The second kappa shape index (κ2) is 7.93. The first-order valence-electron chi connectivity index (χ1n) is 11.7. The number of H-pyrrole nitrogens is 1. The molecule has 7 heteroatoms. The van der Waals surface area contributed by atoms with Crippen molar-refractivity contribution in [3.8, 4) is 22.6 Å². The maximum atomic E-state index is 5.97. The van der Waals surface area contributed by atoms with Gasteiger partial charge in [0.05, 0.1) is 40.8 Å². The number of pyridine rings is 2. The predicted molar refractivity (Wildman–Crippen MR) is 132 cm³/mol. The number of anilines is 1. The van der Waals surface area contributed by atoms with Crippen LogP contribution >= 0.6 is 0 Å². The molecule has 168 valence electrons. The average molecular weight is 440 g/mol. The van der Waals surface area contributed by atoms with Gasteiger partial charge in [-0.05, 0) is 55.5 Å². The Morgan fingerprint density at radius 2 is 2.03 bits per heavy atom. The molecular formula is C26H29N7. The van der Waals surface area contributed by atoms with Crippen LogP contribution in [0, 0.1) is 12.3 Å². The highest BCUT2D eigenvalue weighted by Gasteiger charge is 2.50. The van der Waals surface area contributed by atoms with Crippen LogP contribution in [0.1, 0.15) is 18.5 Å². The number of nitrogens with zero attached hydrogens (tertiary/aromatic N) is 4. The minimum Gasteiger partial charge on any atom is -0.382 e. The van der Waals surface area contributed by atoms with Crippen molar-refractivity contribution in [2.45, 2.75) is 25.8 Å². The molecule has 6 rings (SSSR count). The van der Waals surface area contributed by atoms with E-state index in [1.165, 1.54) is 25.9 Å². The molecule has 7 nitrogen and oxygen atoms in total. The number of hydrogen-bond donors (Lipinski definition) is 3. The highest BCUT2D eigenvalue weighted by molar-refractivity contribution is 5.88. The maximum Gasteiger partial charge on any atom is 0.0977 e. The average Bonchev–Trinajstić information content (AvgIpc) is 3.26. The van der Waals surface area contributed by atoms with Gasteiger partial charge in [-0.3, -0.25) is 9.97 Å². The van der Waals surface area contributed by atoms with Gasteiger partial charge in [0, 0.05) is 48.9 Å². The number of fused-ring (bicyclic) bond motifs is 1. The highest BCUT2D eigenvalue weighted by Crippen LogP contribution is 2.47. The summed E-state index contributed by atoms with van der Waals surface area (Å²) in [5, 5.41) is 4.64. The summed E-state index contributed by atoms with van der Waals surface area (Å²) >= 11 is 0. The van der Waals surface area contributed by atoms with E-state index in [1.54, 1.807) is 6.33 Å². The minimum absolute atomic E-state index is 0.435. The Balaban J connectivity index is 1.16. The van der Waals surface area contributed by atoms with Crippen molar-refractivity contribution in [3.63, 3.8) is 0 Å². The lowest BCUT2D eigenvalue weighted by molar-refractivity contribution is -0.0683. The van der Waals surface area contributed by atoms with Crippen molar-refractivity contribution in [3.05, 3.63) is 60.7 Å². The summed E-state index contributed by atoms with van der Waals surface area (Å²) in [6.07, 6.45) is 6.05. The van der Waals surface area contributed by atoms with Gasteiger partial charge in [-0.2, -0.15) is 0 Å².